The summed E-state index contributed by atoms with van der Waals surface area (Å²) < 4.78 is 17.7. The monoisotopic (exact) mass is 562 g/mol. The first-order valence-electron chi connectivity index (χ1n) is 11.7. The van der Waals surface area contributed by atoms with Crippen LogP contribution in [0.4, 0.5) is 4.39 Å². The van der Waals surface area contributed by atoms with Crippen LogP contribution in [0.15, 0.2) is 91.0 Å². The summed E-state index contributed by atoms with van der Waals surface area (Å²) in [4.78, 5) is 30.6. The van der Waals surface area contributed by atoms with E-state index in [9.17, 15) is 23.9 Å². The molecule has 3 aromatic rings. The van der Waals surface area contributed by atoms with Crippen molar-refractivity contribution in [1.82, 2.24) is 0 Å². The van der Waals surface area contributed by atoms with E-state index in [2.05, 4.69) is 4.74 Å². The molecule has 0 bridgehead atoms. The molecule has 0 amide bonds. The van der Waals surface area contributed by atoms with Gasteiger partial charge in [-0.3, -0.25) is 0 Å². The molecule has 1 heterocycles. The summed E-state index contributed by atoms with van der Waals surface area (Å²) in [5.74, 6) is -4.67. The lowest BCUT2D eigenvalue weighted by molar-refractivity contribution is -0.332. The third kappa shape index (κ3) is 11.3. The highest BCUT2D eigenvalue weighted by Gasteiger charge is 2.50. The number of alkyl halides is 1. The van der Waals surface area contributed by atoms with Crippen LogP contribution in [0, 0.1) is 0 Å². The smallest absolute Gasteiger partial charge is 0.335 e. The molecule has 1 aliphatic heterocycles. The minimum absolute atomic E-state index is 0.331. The largest absolute Gasteiger partial charge is 0.478 e. The van der Waals surface area contributed by atoms with Crippen LogP contribution in [0.25, 0.3) is 0 Å². The standard InChI is InChI=1S/C7H13FO5.3C7H6O2/c1-7(12)6(11)5(10)4(8)3(2-9)13-7;3*8-7(9)6-4-2-1-3-5-6/h3-6,9-12H,2H2,1H3;3*1-5H,(H,8,9)/t3-,4-,5+,6-,7+;;;/m1.../s1. The Balaban J connectivity index is 0.000000270. The molecule has 11 nitrogen and oxygen atoms in total. The first kappa shape index (κ1) is 33.8. The fourth-order valence-electron chi connectivity index (χ4n) is 3.03. The van der Waals surface area contributed by atoms with E-state index in [-0.39, 0.29) is 0 Å². The first-order chi connectivity index (χ1) is 18.8. The van der Waals surface area contributed by atoms with E-state index in [0.29, 0.717) is 16.7 Å². The van der Waals surface area contributed by atoms with Gasteiger partial charge in [0.05, 0.1) is 23.3 Å². The van der Waals surface area contributed by atoms with Crippen LogP contribution in [0.2, 0.25) is 0 Å². The van der Waals surface area contributed by atoms with E-state index in [4.69, 9.17) is 30.6 Å². The number of benzene rings is 3. The molecule has 216 valence electrons. The van der Waals surface area contributed by atoms with Crippen LogP contribution >= 0.6 is 0 Å². The lowest BCUT2D eigenvalue weighted by Crippen LogP contribution is -2.62. The minimum Gasteiger partial charge on any atom is -0.478 e. The summed E-state index contributed by atoms with van der Waals surface area (Å²) in [6.45, 7) is 0.427. The third-order valence-corrected chi connectivity index (χ3v) is 5.19. The number of aliphatic hydroxyl groups excluding tert-OH is 3. The topological polar surface area (TPSA) is 202 Å². The maximum Gasteiger partial charge on any atom is 0.335 e. The highest BCUT2D eigenvalue weighted by atomic mass is 19.1. The van der Waals surface area contributed by atoms with Gasteiger partial charge in [-0.1, -0.05) is 54.6 Å². The van der Waals surface area contributed by atoms with E-state index in [1.54, 1.807) is 91.0 Å². The fraction of sp³-hybridized carbons (Fsp3) is 0.250. The molecule has 0 saturated carbocycles. The zero-order chi connectivity index (χ0) is 30.3. The molecular formula is C28H31FO11. The Labute approximate surface area is 229 Å². The molecular weight excluding hydrogens is 531 g/mol. The maximum absolute atomic E-state index is 13.0. The lowest BCUT2D eigenvalue weighted by Gasteiger charge is -2.42. The van der Waals surface area contributed by atoms with Gasteiger partial charge in [0.1, 0.15) is 18.3 Å². The van der Waals surface area contributed by atoms with Gasteiger partial charge in [-0.2, -0.15) is 0 Å². The number of hydrogen-bond donors (Lipinski definition) is 7. The van der Waals surface area contributed by atoms with E-state index in [0.717, 1.165) is 6.92 Å². The maximum atomic E-state index is 13.0. The molecule has 1 saturated heterocycles. The van der Waals surface area contributed by atoms with Crippen molar-refractivity contribution < 1.29 is 59.3 Å². The van der Waals surface area contributed by atoms with Crippen LogP contribution in [-0.2, 0) is 4.74 Å². The molecule has 1 aliphatic rings. The van der Waals surface area contributed by atoms with Gasteiger partial charge >= 0.3 is 17.9 Å². The Hall–Kier alpha value is -4.20. The zero-order valence-electron chi connectivity index (χ0n) is 21.3. The number of aliphatic hydroxyl groups is 4. The van der Waals surface area contributed by atoms with Gasteiger partial charge in [-0.25, -0.2) is 18.8 Å². The van der Waals surface area contributed by atoms with E-state index in [1.807, 2.05) is 0 Å². The SMILES string of the molecule is C[C@]1(O)O[C@H](CO)[C@@H](F)[C@H](O)[C@H]1O.O=C(O)c1ccccc1.O=C(O)c1ccccc1.O=C(O)c1ccccc1. The lowest BCUT2D eigenvalue weighted by atomic mass is 9.95. The van der Waals surface area contributed by atoms with Gasteiger partial charge in [0, 0.05) is 0 Å². The van der Waals surface area contributed by atoms with Crippen molar-refractivity contribution >= 4 is 17.9 Å². The molecule has 7 N–H and O–H groups in total. The summed E-state index contributed by atoms with van der Waals surface area (Å²) in [5.41, 5.74) is 0.993. The summed E-state index contributed by atoms with van der Waals surface area (Å²) in [7, 11) is 0. The Morgan fingerprint density at radius 3 is 1.25 bits per heavy atom. The van der Waals surface area contributed by atoms with Gasteiger partial charge in [-0.15, -0.1) is 0 Å². The quantitative estimate of drug-likeness (QED) is 0.246. The number of aromatic carboxylic acids is 3. The molecule has 0 aromatic heterocycles. The van der Waals surface area contributed by atoms with Crippen molar-refractivity contribution in [3.05, 3.63) is 108 Å². The summed E-state index contributed by atoms with van der Waals surface area (Å²) >= 11 is 0. The number of carbonyl (C=O) groups is 3. The highest BCUT2D eigenvalue weighted by Crippen LogP contribution is 2.29. The van der Waals surface area contributed by atoms with E-state index < -0.39 is 54.8 Å². The van der Waals surface area contributed by atoms with Crippen molar-refractivity contribution in [3.63, 3.8) is 0 Å². The molecule has 12 heteroatoms. The molecule has 0 radical (unpaired) electrons. The average molecular weight is 563 g/mol. The van der Waals surface area contributed by atoms with Gasteiger partial charge in [0.25, 0.3) is 0 Å². The molecule has 0 aliphatic carbocycles. The van der Waals surface area contributed by atoms with Crippen molar-refractivity contribution in [2.75, 3.05) is 6.61 Å². The molecule has 4 rings (SSSR count). The van der Waals surface area contributed by atoms with E-state index >= 15 is 0 Å². The highest BCUT2D eigenvalue weighted by molar-refractivity contribution is 5.88. The number of rotatable bonds is 4. The average Bonchev–Trinajstić information content (AvgIpc) is 2.96. The second-order valence-corrected chi connectivity index (χ2v) is 8.29. The molecule has 5 atom stereocenters. The van der Waals surface area contributed by atoms with Gasteiger partial charge in [0.2, 0.25) is 0 Å². The van der Waals surface area contributed by atoms with Crippen molar-refractivity contribution in [2.24, 2.45) is 0 Å². The molecule has 3 aromatic carbocycles. The molecule has 0 unspecified atom stereocenters. The fourth-order valence-corrected chi connectivity index (χ4v) is 3.03. The van der Waals surface area contributed by atoms with Crippen LogP contribution in [0.3, 0.4) is 0 Å². The zero-order valence-corrected chi connectivity index (χ0v) is 21.3. The Morgan fingerprint density at radius 1 is 0.725 bits per heavy atom. The van der Waals surface area contributed by atoms with Crippen molar-refractivity contribution in [2.45, 2.75) is 37.2 Å². The van der Waals surface area contributed by atoms with Crippen LogP contribution < -0.4 is 0 Å². The molecule has 40 heavy (non-hydrogen) atoms. The predicted molar refractivity (Wildman–Crippen MR) is 140 cm³/mol. The number of hydrogen-bond acceptors (Lipinski definition) is 8. The number of carboxylic acid groups (broad SMARTS) is 3. The number of halogens is 1. The Kier molecular flexibility index (Phi) is 14.1. The van der Waals surface area contributed by atoms with Crippen LogP contribution in [-0.4, -0.2) is 90.5 Å². The number of carboxylic acids is 3. The Morgan fingerprint density at radius 2 is 1.02 bits per heavy atom. The predicted octanol–water partition coefficient (Wildman–Crippen LogP) is 2.30. The van der Waals surface area contributed by atoms with Gasteiger partial charge in [0.15, 0.2) is 12.0 Å². The molecule has 1 fully saturated rings. The summed E-state index contributed by atoms with van der Waals surface area (Å²) in [5, 5.41) is 61.4. The van der Waals surface area contributed by atoms with Crippen molar-refractivity contribution in [3.8, 4) is 0 Å². The Bertz CT molecular complexity index is 1050. The minimum atomic E-state index is -2.03. The van der Waals surface area contributed by atoms with E-state index in [1.165, 1.54) is 0 Å². The third-order valence-electron chi connectivity index (χ3n) is 5.19. The second kappa shape index (κ2) is 16.7. The molecule has 0 spiro atoms. The summed E-state index contributed by atoms with van der Waals surface area (Å²) in [6.07, 6.45) is -6.68. The summed E-state index contributed by atoms with van der Waals surface area (Å²) in [6, 6.07) is 24.9. The van der Waals surface area contributed by atoms with Crippen molar-refractivity contribution in [1.29, 1.82) is 0 Å². The number of ether oxygens (including phenoxy) is 1. The van der Waals surface area contributed by atoms with Gasteiger partial charge < -0.3 is 40.5 Å². The van der Waals surface area contributed by atoms with Gasteiger partial charge in [-0.05, 0) is 43.3 Å². The first-order valence-corrected chi connectivity index (χ1v) is 11.7. The van der Waals surface area contributed by atoms with Crippen LogP contribution in [0.1, 0.15) is 38.0 Å². The van der Waals surface area contributed by atoms with Crippen LogP contribution in [0.5, 0.6) is 0 Å². The normalized spacial score (nSPS) is 22.9. The second-order valence-electron chi connectivity index (χ2n) is 8.29.